The molecule has 0 atom stereocenters. The number of likely N-dealkylation sites (tertiary alicyclic amines) is 1. The molecule has 1 amide bonds. The smallest absolute Gasteiger partial charge is 0.223 e. The van der Waals surface area contributed by atoms with E-state index in [-0.39, 0.29) is 24.3 Å². The molecule has 0 saturated carbocycles. The van der Waals surface area contributed by atoms with Crippen LogP contribution in [0.4, 0.5) is 4.39 Å². The van der Waals surface area contributed by atoms with Crippen LogP contribution >= 0.6 is 0 Å². The first kappa shape index (κ1) is 19.1. The Balaban J connectivity index is 1.32. The number of aliphatic hydroxyl groups is 1. The number of aromatic nitrogens is 3. The number of β-amino-alcohol motifs (C(OH)–C–C–N with tert-alkyl or cyclic N) is 1. The van der Waals surface area contributed by atoms with Crippen molar-refractivity contribution >= 4 is 5.91 Å². The van der Waals surface area contributed by atoms with Gasteiger partial charge in [-0.1, -0.05) is 24.3 Å². The largest absolute Gasteiger partial charge is 0.487 e. The Hall–Kier alpha value is -3.26. The number of pyridine rings is 1. The lowest BCUT2D eigenvalue weighted by molar-refractivity contribution is -0.141. The number of rotatable bonds is 7. The summed E-state index contributed by atoms with van der Waals surface area (Å²) in [6.07, 6.45) is 3.65. The summed E-state index contributed by atoms with van der Waals surface area (Å²) in [7, 11) is 0. The van der Waals surface area contributed by atoms with Gasteiger partial charge >= 0.3 is 0 Å². The van der Waals surface area contributed by atoms with Crippen molar-refractivity contribution in [3.05, 3.63) is 65.7 Å². The molecular formula is C21H21FN4O3. The van der Waals surface area contributed by atoms with Gasteiger partial charge in [0.05, 0.1) is 18.0 Å². The maximum atomic E-state index is 14.3. The molecule has 0 aliphatic carbocycles. The van der Waals surface area contributed by atoms with Crippen molar-refractivity contribution in [2.24, 2.45) is 0 Å². The second kappa shape index (κ2) is 8.40. The molecule has 150 valence electrons. The zero-order chi connectivity index (χ0) is 20.2. The number of halogens is 1. The lowest BCUT2D eigenvalue weighted by Crippen LogP contribution is -2.53. The van der Waals surface area contributed by atoms with Crippen molar-refractivity contribution in [1.29, 1.82) is 0 Å². The molecule has 1 aromatic carbocycles. The van der Waals surface area contributed by atoms with Crippen molar-refractivity contribution in [3.8, 4) is 17.1 Å². The normalized spacial score (nSPS) is 13.9. The van der Waals surface area contributed by atoms with Crippen LogP contribution in [0.25, 0.3) is 11.4 Å². The van der Waals surface area contributed by atoms with Gasteiger partial charge in [-0.25, -0.2) is 9.37 Å². The second-order valence-corrected chi connectivity index (χ2v) is 7.03. The van der Waals surface area contributed by atoms with Crippen LogP contribution in [-0.4, -0.2) is 50.3 Å². The van der Waals surface area contributed by atoms with Crippen molar-refractivity contribution in [3.63, 3.8) is 0 Å². The van der Waals surface area contributed by atoms with Gasteiger partial charge in [0.2, 0.25) is 5.91 Å². The predicted octanol–water partition coefficient (Wildman–Crippen LogP) is 2.33. The average molecular weight is 396 g/mol. The summed E-state index contributed by atoms with van der Waals surface area (Å²) in [6.45, 7) is 1.12. The molecule has 1 aliphatic rings. The molecule has 1 saturated heterocycles. The van der Waals surface area contributed by atoms with Crippen LogP contribution in [0, 0.1) is 5.82 Å². The number of nitrogens with zero attached hydrogens (tertiary/aromatic N) is 3. The van der Waals surface area contributed by atoms with Gasteiger partial charge in [-0.15, -0.1) is 0 Å². The Morgan fingerprint density at radius 1 is 1.28 bits per heavy atom. The first-order valence-corrected chi connectivity index (χ1v) is 9.40. The fourth-order valence-electron chi connectivity index (χ4n) is 3.20. The highest BCUT2D eigenvalue weighted by Crippen LogP contribution is 2.22. The molecule has 4 rings (SSSR count). The number of hydrogen-bond acceptors (Lipinski definition) is 5. The van der Waals surface area contributed by atoms with Crippen molar-refractivity contribution in [2.75, 3.05) is 13.1 Å². The number of hydrogen-bond donors (Lipinski definition) is 2. The Morgan fingerprint density at radius 3 is 2.83 bits per heavy atom. The minimum Gasteiger partial charge on any atom is -0.487 e. The van der Waals surface area contributed by atoms with E-state index in [1.165, 1.54) is 18.5 Å². The standard InChI is InChI=1S/C21H21FN4O3/c22-18-9-17(10-23-21(18)19-6-7-24-25-19)29-13-15-3-1-2-14(8-15)4-5-20(28)26-11-16(27)12-26/h1-3,6-10,16,27H,4-5,11-13H2,(H,24,25). The maximum Gasteiger partial charge on any atom is 0.223 e. The summed E-state index contributed by atoms with van der Waals surface area (Å²) in [5.74, 6) is -0.103. The highest BCUT2D eigenvalue weighted by molar-refractivity contribution is 5.77. The van der Waals surface area contributed by atoms with Crippen LogP contribution in [0.15, 0.2) is 48.8 Å². The Labute approximate surface area is 167 Å². The summed E-state index contributed by atoms with van der Waals surface area (Å²) in [6, 6.07) is 10.7. The van der Waals surface area contributed by atoms with E-state index in [1.807, 2.05) is 24.3 Å². The number of nitrogens with one attached hydrogen (secondary N) is 1. The zero-order valence-electron chi connectivity index (χ0n) is 15.7. The third-order valence-electron chi connectivity index (χ3n) is 4.81. The van der Waals surface area contributed by atoms with Gasteiger partial charge < -0.3 is 14.7 Å². The van der Waals surface area contributed by atoms with Gasteiger partial charge in [0.25, 0.3) is 0 Å². The SMILES string of the molecule is O=C(CCc1cccc(COc2cnc(-c3ccn[nH]3)c(F)c2)c1)N1CC(O)C1. The van der Waals surface area contributed by atoms with Crippen LogP contribution in [0.3, 0.4) is 0 Å². The van der Waals surface area contributed by atoms with Crippen molar-refractivity contribution < 1.29 is 19.0 Å². The quantitative estimate of drug-likeness (QED) is 0.640. The molecule has 0 bridgehead atoms. The summed E-state index contributed by atoms with van der Waals surface area (Å²) in [5.41, 5.74) is 2.65. The summed E-state index contributed by atoms with van der Waals surface area (Å²) in [5, 5.41) is 15.8. The minimum atomic E-state index is -0.491. The topological polar surface area (TPSA) is 91.3 Å². The number of benzene rings is 1. The number of carbonyl (C=O) groups is 1. The molecule has 1 fully saturated rings. The van der Waals surface area contributed by atoms with Crippen LogP contribution in [0.1, 0.15) is 17.5 Å². The molecule has 3 heterocycles. The second-order valence-electron chi connectivity index (χ2n) is 7.03. The monoisotopic (exact) mass is 396 g/mol. The Morgan fingerprint density at radius 2 is 2.10 bits per heavy atom. The molecule has 7 nitrogen and oxygen atoms in total. The van der Waals surface area contributed by atoms with Crippen LogP contribution < -0.4 is 4.74 Å². The van der Waals surface area contributed by atoms with Gasteiger partial charge in [-0.3, -0.25) is 9.89 Å². The highest BCUT2D eigenvalue weighted by atomic mass is 19.1. The molecule has 0 radical (unpaired) electrons. The zero-order valence-corrected chi connectivity index (χ0v) is 15.7. The van der Waals surface area contributed by atoms with E-state index in [4.69, 9.17) is 4.74 Å². The van der Waals surface area contributed by atoms with E-state index in [0.29, 0.717) is 37.4 Å². The average Bonchev–Trinajstić information content (AvgIpc) is 3.23. The molecule has 0 unspecified atom stereocenters. The van der Waals surface area contributed by atoms with E-state index in [0.717, 1.165) is 11.1 Å². The van der Waals surface area contributed by atoms with Gasteiger partial charge in [0, 0.05) is 31.8 Å². The number of aliphatic hydroxyl groups excluding tert-OH is 1. The molecule has 3 aromatic rings. The number of carbonyl (C=O) groups excluding carboxylic acids is 1. The Kier molecular flexibility index (Phi) is 5.53. The first-order chi connectivity index (χ1) is 14.1. The van der Waals surface area contributed by atoms with Crippen molar-refractivity contribution in [2.45, 2.75) is 25.6 Å². The van der Waals surface area contributed by atoms with E-state index in [9.17, 15) is 14.3 Å². The summed E-state index contributed by atoms with van der Waals surface area (Å²) < 4.78 is 19.9. The maximum absolute atomic E-state index is 14.3. The fraction of sp³-hybridized carbons (Fsp3) is 0.286. The number of aromatic amines is 1. The molecule has 2 aromatic heterocycles. The van der Waals surface area contributed by atoms with Gasteiger partial charge in [0.15, 0.2) is 5.82 Å². The van der Waals surface area contributed by atoms with Crippen LogP contribution in [0.5, 0.6) is 5.75 Å². The van der Waals surface area contributed by atoms with Gasteiger partial charge in [0.1, 0.15) is 18.1 Å². The molecular weight excluding hydrogens is 375 g/mol. The fourth-order valence-corrected chi connectivity index (χ4v) is 3.20. The third kappa shape index (κ3) is 4.60. The molecule has 0 spiro atoms. The number of aryl methyl sites for hydroxylation is 1. The van der Waals surface area contributed by atoms with Gasteiger partial charge in [-0.2, -0.15) is 5.10 Å². The third-order valence-corrected chi connectivity index (χ3v) is 4.81. The van der Waals surface area contributed by atoms with Gasteiger partial charge in [-0.05, 0) is 23.6 Å². The minimum absolute atomic E-state index is 0.0517. The van der Waals surface area contributed by atoms with E-state index in [2.05, 4.69) is 15.2 Å². The summed E-state index contributed by atoms with van der Waals surface area (Å²) in [4.78, 5) is 17.8. The predicted molar refractivity (Wildman–Crippen MR) is 103 cm³/mol. The Bertz CT molecular complexity index is 987. The number of ether oxygens (including phenoxy) is 1. The van der Waals surface area contributed by atoms with Crippen LogP contribution in [-0.2, 0) is 17.8 Å². The van der Waals surface area contributed by atoms with E-state index in [1.54, 1.807) is 11.0 Å². The van der Waals surface area contributed by atoms with Crippen LogP contribution in [0.2, 0.25) is 0 Å². The van der Waals surface area contributed by atoms with Crippen molar-refractivity contribution in [1.82, 2.24) is 20.1 Å². The highest BCUT2D eigenvalue weighted by Gasteiger charge is 2.28. The molecule has 8 heteroatoms. The lowest BCUT2D eigenvalue weighted by atomic mass is 10.0. The lowest BCUT2D eigenvalue weighted by Gasteiger charge is -2.35. The molecule has 1 aliphatic heterocycles. The number of H-pyrrole nitrogens is 1. The number of amides is 1. The molecule has 2 N–H and O–H groups in total. The summed E-state index contributed by atoms with van der Waals surface area (Å²) >= 11 is 0. The first-order valence-electron chi connectivity index (χ1n) is 9.40. The molecule has 29 heavy (non-hydrogen) atoms. The van der Waals surface area contributed by atoms with E-state index >= 15 is 0 Å². The van der Waals surface area contributed by atoms with E-state index < -0.39 is 5.82 Å².